The van der Waals surface area contributed by atoms with Crippen LogP contribution in [0.3, 0.4) is 0 Å². The summed E-state index contributed by atoms with van der Waals surface area (Å²) in [5.41, 5.74) is 0.761. The van der Waals surface area contributed by atoms with E-state index in [4.69, 9.17) is 0 Å². The lowest BCUT2D eigenvalue weighted by Gasteiger charge is -2.09. The van der Waals surface area contributed by atoms with Gasteiger partial charge in [-0.25, -0.2) is 0 Å². The number of rotatable bonds is 5. The standard InChI is InChI=1S/C10H9F3O3/c11-10(12,13)16-9-3-1-8(2-4-9)5-6-15-7-14/h1-4,7H,5-6H2. The van der Waals surface area contributed by atoms with Crippen molar-refractivity contribution < 1.29 is 27.4 Å². The lowest BCUT2D eigenvalue weighted by molar-refractivity contribution is -0.274. The Morgan fingerprint density at radius 1 is 1.19 bits per heavy atom. The molecule has 88 valence electrons. The molecule has 1 aromatic rings. The molecule has 16 heavy (non-hydrogen) atoms. The summed E-state index contributed by atoms with van der Waals surface area (Å²) in [5, 5.41) is 0. The van der Waals surface area contributed by atoms with E-state index in [9.17, 15) is 18.0 Å². The minimum Gasteiger partial charge on any atom is -0.468 e. The first-order valence-electron chi connectivity index (χ1n) is 4.41. The number of alkyl halides is 3. The Labute approximate surface area is 89.8 Å². The van der Waals surface area contributed by atoms with Gasteiger partial charge in [0.15, 0.2) is 0 Å². The van der Waals surface area contributed by atoms with Gasteiger partial charge >= 0.3 is 6.36 Å². The van der Waals surface area contributed by atoms with Crippen LogP contribution >= 0.6 is 0 Å². The van der Waals surface area contributed by atoms with E-state index in [0.29, 0.717) is 12.9 Å². The van der Waals surface area contributed by atoms with Crippen molar-refractivity contribution in [2.45, 2.75) is 12.8 Å². The second kappa shape index (κ2) is 5.39. The molecule has 0 N–H and O–H groups in total. The van der Waals surface area contributed by atoms with Crippen molar-refractivity contribution in [1.82, 2.24) is 0 Å². The number of ether oxygens (including phenoxy) is 2. The molecule has 3 nitrogen and oxygen atoms in total. The molecule has 0 fully saturated rings. The largest absolute Gasteiger partial charge is 0.573 e. The van der Waals surface area contributed by atoms with Crippen molar-refractivity contribution in [3.05, 3.63) is 29.8 Å². The van der Waals surface area contributed by atoms with Gasteiger partial charge in [0, 0.05) is 6.42 Å². The Morgan fingerprint density at radius 2 is 1.81 bits per heavy atom. The summed E-state index contributed by atoms with van der Waals surface area (Å²) in [6, 6.07) is 5.39. The number of carbonyl (C=O) groups is 1. The topological polar surface area (TPSA) is 35.5 Å². The van der Waals surface area contributed by atoms with Gasteiger partial charge in [0.2, 0.25) is 0 Å². The smallest absolute Gasteiger partial charge is 0.468 e. The van der Waals surface area contributed by atoms with Crippen molar-refractivity contribution in [3.8, 4) is 5.75 Å². The van der Waals surface area contributed by atoms with Crippen LogP contribution in [-0.4, -0.2) is 19.4 Å². The van der Waals surface area contributed by atoms with Gasteiger partial charge in [-0.1, -0.05) is 12.1 Å². The first-order chi connectivity index (χ1) is 7.51. The zero-order valence-electron chi connectivity index (χ0n) is 8.16. The van der Waals surface area contributed by atoms with Gasteiger partial charge in [0.1, 0.15) is 5.75 Å². The number of hydrogen-bond donors (Lipinski definition) is 0. The van der Waals surface area contributed by atoms with Crippen LogP contribution in [0.15, 0.2) is 24.3 Å². The molecule has 0 unspecified atom stereocenters. The van der Waals surface area contributed by atoms with E-state index in [2.05, 4.69) is 9.47 Å². The molecule has 1 rings (SSSR count). The van der Waals surface area contributed by atoms with Crippen LogP contribution in [0, 0.1) is 0 Å². The maximum absolute atomic E-state index is 11.8. The molecule has 0 aliphatic rings. The highest BCUT2D eigenvalue weighted by Crippen LogP contribution is 2.22. The van der Waals surface area contributed by atoms with Crippen molar-refractivity contribution >= 4 is 6.47 Å². The third kappa shape index (κ3) is 4.68. The van der Waals surface area contributed by atoms with Gasteiger partial charge in [-0.3, -0.25) is 4.79 Å². The minimum atomic E-state index is -4.68. The zero-order valence-corrected chi connectivity index (χ0v) is 8.16. The number of carbonyl (C=O) groups excluding carboxylic acids is 1. The van der Waals surface area contributed by atoms with Crippen molar-refractivity contribution in [3.63, 3.8) is 0 Å². The quantitative estimate of drug-likeness (QED) is 0.579. The maximum atomic E-state index is 11.8. The monoisotopic (exact) mass is 234 g/mol. The first kappa shape index (κ1) is 12.4. The van der Waals surface area contributed by atoms with E-state index in [1.807, 2.05) is 0 Å². The van der Waals surface area contributed by atoms with Crippen LogP contribution in [0.2, 0.25) is 0 Å². The fraction of sp³-hybridized carbons (Fsp3) is 0.300. The Balaban J connectivity index is 2.51. The summed E-state index contributed by atoms with van der Waals surface area (Å²) in [7, 11) is 0. The highest BCUT2D eigenvalue weighted by Gasteiger charge is 2.30. The van der Waals surface area contributed by atoms with E-state index in [1.165, 1.54) is 24.3 Å². The lowest BCUT2D eigenvalue weighted by atomic mass is 10.1. The predicted molar refractivity (Wildman–Crippen MR) is 48.8 cm³/mol. The van der Waals surface area contributed by atoms with E-state index in [1.54, 1.807) is 0 Å². The fourth-order valence-corrected chi connectivity index (χ4v) is 1.08. The summed E-state index contributed by atoms with van der Waals surface area (Å²) in [4.78, 5) is 9.84. The summed E-state index contributed by atoms with van der Waals surface area (Å²) < 4.78 is 43.6. The summed E-state index contributed by atoms with van der Waals surface area (Å²) >= 11 is 0. The molecule has 0 aliphatic heterocycles. The van der Waals surface area contributed by atoms with E-state index in [0.717, 1.165) is 5.56 Å². The lowest BCUT2D eigenvalue weighted by Crippen LogP contribution is -2.17. The highest BCUT2D eigenvalue weighted by molar-refractivity contribution is 5.37. The second-order valence-electron chi connectivity index (χ2n) is 2.91. The van der Waals surface area contributed by atoms with E-state index in [-0.39, 0.29) is 12.4 Å². The molecule has 0 aromatic heterocycles. The van der Waals surface area contributed by atoms with Gasteiger partial charge in [0.25, 0.3) is 6.47 Å². The molecule has 0 saturated heterocycles. The SMILES string of the molecule is O=COCCc1ccc(OC(F)(F)F)cc1. The predicted octanol–water partition coefficient (Wildman–Crippen LogP) is 2.30. The van der Waals surface area contributed by atoms with Crippen LogP contribution in [0.25, 0.3) is 0 Å². The summed E-state index contributed by atoms with van der Waals surface area (Å²) in [6.07, 6.45) is -4.23. The molecular formula is C10H9F3O3. The van der Waals surface area contributed by atoms with E-state index >= 15 is 0 Å². The molecule has 0 aliphatic carbocycles. The average molecular weight is 234 g/mol. The molecule has 6 heteroatoms. The zero-order chi connectivity index (χ0) is 12.0. The van der Waals surface area contributed by atoms with Crippen LogP contribution in [-0.2, 0) is 16.0 Å². The molecule has 0 heterocycles. The van der Waals surface area contributed by atoms with Crippen LogP contribution in [0.4, 0.5) is 13.2 Å². The Bertz CT molecular complexity index is 332. The second-order valence-corrected chi connectivity index (χ2v) is 2.91. The molecule has 0 spiro atoms. The van der Waals surface area contributed by atoms with Crippen molar-refractivity contribution in [2.75, 3.05) is 6.61 Å². The number of benzene rings is 1. The molecule has 0 amide bonds. The Kier molecular flexibility index (Phi) is 4.16. The molecule has 0 bridgehead atoms. The third-order valence-electron chi connectivity index (χ3n) is 1.73. The molecule has 1 aromatic carbocycles. The van der Waals surface area contributed by atoms with Gasteiger partial charge in [0.05, 0.1) is 6.61 Å². The van der Waals surface area contributed by atoms with Gasteiger partial charge < -0.3 is 9.47 Å². The highest BCUT2D eigenvalue weighted by atomic mass is 19.4. The Morgan fingerprint density at radius 3 is 2.31 bits per heavy atom. The van der Waals surface area contributed by atoms with Gasteiger partial charge in [-0.05, 0) is 17.7 Å². The van der Waals surface area contributed by atoms with Crippen LogP contribution in [0.5, 0.6) is 5.75 Å². The van der Waals surface area contributed by atoms with Crippen molar-refractivity contribution in [2.24, 2.45) is 0 Å². The minimum absolute atomic E-state index is 0.197. The Hall–Kier alpha value is -1.72. The molecule has 0 radical (unpaired) electrons. The fourth-order valence-electron chi connectivity index (χ4n) is 1.08. The average Bonchev–Trinajstić information content (AvgIpc) is 2.19. The number of halogens is 3. The third-order valence-corrected chi connectivity index (χ3v) is 1.73. The molecule has 0 atom stereocenters. The summed E-state index contributed by atoms with van der Waals surface area (Å²) in [5.74, 6) is -0.271. The number of hydrogen-bond acceptors (Lipinski definition) is 3. The van der Waals surface area contributed by atoms with Crippen LogP contribution in [0.1, 0.15) is 5.56 Å². The van der Waals surface area contributed by atoms with Crippen LogP contribution < -0.4 is 4.74 Å². The first-order valence-corrected chi connectivity index (χ1v) is 4.41. The van der Waals surface area contributed by atoms with E-state index < -0.39 is 6.36 Å². The summed E-state index contributed by atoms with van der Waals surface area (Å²) in [6.45, 7) is 0.518. The van der Waals surface area contributed by atoms with Gasteiger partial charge in [-0.2, -0.15) is 0 Å². The maximum Gasteiger partial charge on any atom is 0.573 e. The normalized spacial score (nSPS) is 10.9. The molecule has 0 saturated carbocycles. The van der Waals surface area contributed by atoms with Gasteiger partial charge in [-0.15, -0.1) is 13.2 Å². The molecular weight excluding hydrogens is 225 g/mol. The van der Waals surface area contributed by atoms with Crippen molar-refractivity contribution in [1.29, 1.82) is 0 Å².